The first-order chi connectivity index (χ1) is 7.97. The lowest BCUT2D eigenvalue weighted by molar-refractivity contribution is -0.118. The van der Waals surface area contributed by atoms with Crippen molar-refractivity contribution < 1.29 is 18.0 Å². The molecule has 0 saturated carbocycles. The van der Waals surface area contributed by atoms with Gasteiger partial charge in [-0.2, -0.15) is 13.2 Å². The molecule has 1 atom stereocenters. The number of hydrogen-bond acceptors (Lipinski definition) is 3. The molecule has 1 heterocycles. The lowest BCUT2D eigenvalue weighted by atomic mass is 9.96. The monoisotopic (exact) mass is 306 g/mol. The second-order valence-corrected chi connectivity index (χ2v) is 5.13. The van der Waals surface area contributed by atoms with Crippen LogP contribution in [-0.4, -0.2) is 36.8 Å². The third kappa shape index (κ3) is 8.88. The summed E-state index contributed by atoms with van der Waals surface area (Å²) in [5, 5.41) is 5.77. The first kappa shape index (κ1) is 17.9. The largest absolute Gasteiger partial charge is 0.442 e. The Labute approximate surface area is 115 Å². The van der Waals surface area contributed by atoms with Crippen molar-refractivity contribution >= 4 is 30.1 Å². The Balaban J connectivity index is 0.00000289. The van der Waals surface area contributed by atoms with Gasteiger partial charge in [0.1, 0.15) is 0 Å². The van der Waals surface area contributed by atoms with Gasteiger partial charge in [-0.1, -0.05) is 0 Å². The zero-order valence-corrected chi connectivity index (χ0v) is 11.5. The summed E-state index contributed by atoms with van der Waals surface area (Å²) in [4.78, 5) is 11.1. The van der Waals surface area contributed by atoms with E-state index in [1.54, 1.807) is 0 Å². The molecule has 1 unspecified atom stereocenters. The summed E-state index contributed by atoms with van der Waals surface area (Å²) in [7, 11) is 0. The van der Waals surface area contributed by atoms with E-state index in [2.05, 4.69) is 10.6 Å². The van der Waals surface area contributed by atoms with Crippen LogP contribution in [0.25, 0.3) is 0 Å². The number of halogens is 4. The smallest absolute Gasteiger partial charge is 0.355 e. The summed E-state index contributed by atoms with van der Waals surface area (Å²) in [6.45, 7) is 2.43. The fourth-order valence-electron chi connectivity index (χ4n) is 1.78. The van der Waals surface area contributed by atoms with E-state index in [1.807, 2.05) is 0 Å². The molecule has 0 aromatic carbocycles. The molecule has 108 valence electrons. The molecule has 0 aromatic rings. The summed E-state index contributed by atoms with van der Waals surface area (Å²) in [6.07, 6.45) is 3.08. The molecule has 2 N–H and O–H groups in total. The van der Waals surface area contributed by atoms with E-state index in [0.29, 0.717) is 12.5 Å². The van der Waals surface area contributed by atoms with E-state index in [1.165, 1.54) is 0 Å². The Morgan fingerprint density at radius 1 is 1.44 bits per heavy atom. The highest BCUT2D eigenvalue weighted by molar-refractivity contribution is 8.00. The van der Waals surface area contributed by atoms with Crippen molar-refractivity contribution in [1.82, 2.24) is 10.6 Å². The van der Waals surface area contributed by atoms with E-state index in [-0.39, 0.29) is 24.2 Å². The van der Waals surface area contributed by atoms with Gasteiger partial charge in [0.2, 0.25) is 5.91 Å². The molecule has 1 aliphatic rings. The molecule has 1 rings (SSSR count). The van der Waals surface area contributed by atoms with Gasteiger partial charge in [-0.15, -0.1) is 12.4 Å². The molecule has 3 nitrogen and oxygen atoms in total. The maximum Gasteiger partial charge on any atom is 0.442 e. The topological polar surface area (TPSA) is 41.1 Å². The summed E-state index contributed by atoms with van der Waals surface area (Å²) < 4.78 is 35.4. The molecule has 0 aliphatic carbocycles. The van der Waals surface area contributed by atoms with Crippen LogP contribution >= 0.6 is 24.2 Å². The minimum absolute atomic E-state index is 0. The van der Waals surface area contributed by atoms with Crippen molar-refractivity contribution in [3.63, 3.8) is 0 Å². The average Bonchev–Trinajstić information content (AvgIpc) is 2.27. The number of alkyl halides is 3. The van der Waals surface area contributed by atoms with Crippen LogP contribution < -0.4 is 10.6 Å². The van der Waals surface area contributed by atoms with Gasteiger partial charge in [0.15, 0.2) is 0 Å². The van der Waals surface area contributed by atoms with Gasteiger partial charge in [0, 0.05) is 6.54 Å². The average molecular weight is 307 g/mol. The highest BCUT2D eigenvalue weighted by Gasteiger charge is 2.29. The fraction of sp³-hybridized carbons (Fsp3) is 0.900. The van der Waals surface area contributed by atoms with Crippen LogP contribution in [0.15, 0.2) is 0 Å². The van der Waals surface area contributed by atoms with E-state index < -0.39 is 17.2 Å². The molecular formula is C10H18ClF3N2OS. The van der Waals surface area contributed by atoms with Crippen LogP contribution in [0.3, 0.4) is 0 Å². The van der Waals surface area contributed by atoms with Crippen molar-refractivity contribution in [2.24, 2.45) is 5.92 Å². The molecule has 8 heteroatoms. The number of carbonyl (C=O) groups is 1. The van der Waals surface area contributed by atoms with Crippen molar-refractivity contribution in [1.29, 1.82) is 0 Å². The van der Waals surface area contributed by atoms with Crippen molar-refractivity contribution in [2.45, 2.75) is 24.8 Å². The van der Waals surface area contributed by atoms with Crippen molar-refractivity contribution in [3.05, 3.63) is 0 Å². The molecule has 0 aromatic heterocycles. The number of nitrogens with one attached hydrogen (secondary N) is 2. The number of rotatable bonds is 5. The number of amides is 1. The molecular weight excluding hydrogens is 289 g/mol. The van der Waals surface area contributed by atoms with Crippen LogP contribution in [0.5, 0.6) is 0 Å². The summed E-state index contributed by atoms with van der Waals surface area (Å²) >= 11 is -0.297. The van der Waals surface area contributed by atoms with Gasteiger partial charge in [0.05, 0.1) is 5.75 Å². The summed E-state index contributed by atoms with van der Waals surface area (Å²) in [5.74, 6) is -0.567. The van der Waals surface area contributed by atoms with Gasteiger partial charge < -0.3 is 10.6 Å². The highest BCUT2D eigenvalue weighted by Crippen LogP contribution is 2.29. The van der Waals surface area contributed by atoms with Crippen LogP contribution in [0.1, 0.15) is 19.3 Å². The third-order valence-corrected chi connectivity index (χ3v) is 3.37. The fourth-order valence-corrected chi connectivity index (χ4v) is 2.18. The van der Waals surface area contributed by atoms with Gasteiger partial charge in [0.25, 0.3) is 0 Å². The molecule has 1 saturated heterocycles. The minimum Gasteiger partial charge on any atom is -0.355 e. The maximum atomic E-state index is 11.8. The number of piperidine rings is 1. The van der Waals surface area contributed by atoms with Gasteiger partial charge in [-0.05, 0) is 50.0 Å². The van der Waals surface area contributed by atoms with E-state index >= 15 is 0 Å². The Kier molecular flexibility index (Phi) is 8.81. The van der Waals surface area contributed by atoms with Crippen molar-refractivity contribution in [2.75, 3.05) is 25.4 Å². The van der Waals surface area contributed by atoms with E-state index in [0.717, 1.165) is 32.4 Å². The lowest BCUT2D eigenvalue weighted by Gasteiger charge is -2.22. The second-order valence-electron chi connectivity index (χ2n) is 4.09. The highest BCUT2D eigenvalue weighted by atomic mass is 35.5. The Morgan fingerprint density at radius 2 is 2.17 bits per heavy atom. The Morgan fingerprint density at radius 3 is 2.72 bits per heavy atom. The van der Waals surface area contributed by atoms with Crippen LogP contribution in [0, 0.1) is 5.92 Å². The SMILES string of the molecule is Cl.O=C(CSC(F)(F)F)NCCC1CCCNC1. The van der Waals surface area contributed by atoms with Gasteiger partial charge >= 0.3 is 5.51 Å². The number of carbonyl (C=O) groups excluding carboxylic acids is 1. The zero-order chi connectivity index (χ0) is 12.7. The van der Waals surface area contributed by atoms with Gasteiger partial charge in [-0.25, -0.2) is 0 Å². The van der Waals surface area contributed by atoms with Gasteiger partial charge in [-0.3, -0.25) is 4.79 Å². The molecule has 1 aliphatic heterocycles. The second kappa shape index (κ2) is 8.87. The van der Waals surface area contributed by atoms with Crippen LogP contribution in [-0.2, 0) is 4.79 Å². The molecule has 1 fully saturated rings. The molecule has 18 heavy (non-hydrogen) atoms. The van der Waals surface area contributed by atoms with Crippen LogP contribution in [0.2, 0.25) is 0 Å². The van der Waals surface area contributed by atoms with E-state index in [4.69, 9.17) is 0 Å². The molecule has 0 bridgehead atoms. The summed E-state index contributed by atoms with van der Waals surface area (Å²) in [6, 6.07) is 0. The van der Waals surface area contributed by atoms with E-state index in [9.17, 15) is 18.0 Å². The molecule has 0 spiro atoms. The standard InChI is InChI=1S/C10H17F3N2OS.ClH/c11-10(12,13)17-7-9(16)15-5-3-8-2-1-4-14-6-8;/h8,14H,1-7H2,(H,15,16);1H. The van der Waals surface area contributed by atoms with Crippen molar-refractivity contribution in [3.8, 4) is 0 Å². The number of thioether (sulfide) groups is 1. The third-order valence-electron chi connectivity index (χ3n) is 2.64. The quantitative estimate of drug-likeness (QED) is 0.818. The Hall–Kier alpha value is -0.140. The molecule has 0 radical (unpaired) electrons. The summed E-state index contributed by atoms with van der Waals surface area (Å²) in [5.41, 5.74) is -4.33. The maximum absolute atomic E-state index is 11.8. The lowest BCUT2D eigenvalue weighted by Crippen LogP contribution is -2.33. The predicted octanol–water partition coefficient (Wildman–Crippen LogP) is 2.17. The van der Waals surface area contributed by atoms with Crippen LogP contribution in [0.4, 0.5) is 13.2 Å². The zero-order valence-electron chi connectivity index (χ0n) is 9.89. The Bertz CT molecular complexity index is 248. The minimum atomic E-state index is -4.33. The first-order valence-corrected chi connectivity index (χ1v) is 6.64. The number of hydrogen-bond donors (Lipinski definition) is 2. The normalized spacial score (nSPS) is 20.1. The predicted molar refractivity (Wildman–Crippen MR) is 69.0 cm³/mol. The molecule has 1 amide bonds. The first-order valence-electron chi connectivity index (χ1n) is 5.65.